The topological polar surface area (TPSA) is 92.8 Å². The number of carbonyl (C=O) groups excluding carboxylic acids is 2. The van der Waals surface area contributed by atoms with E-state index in [1.165, 1.54) is 28.6 Å². The van der Waals surface area contributed by atoms with Crippen molar-refractivity contribution in [3.8, 4) is 0 Å². The van der Waals surface area contributed by atoms with Gasteiger partial charge < -0.3 is 10.1 Å². The molecule has 8 heteroatoms. The molecule has 0 fully saturated rings. The highest BCUT2D eigenvalue weighted by molar-refractivity contribution is 7.89. The third kappa shape index (κ3) is 5.81. The van der Waals surface area contributed by atoms with Gasteiger partial charge in [-0.2, -0.15) is 4.31 Å². The lowest BCUT2D eigenvalue weighted by Gasteiger charge is -2.18. The normalized spacial score (nSPS) is 12.9. The molecule has 0 bridgehead atoms. The Morgan fingerprint density at radius 1 is 1.08 bits per heavy atom. The average Bonchev–Trinajstić information content (AvgIpc) is 2.59. The van der Waals surface area contributed by atoms with Gasteiger partial charge in [0.2, 0.25) is 10.0 Å². The van der Waals surface area contributed by atoms with Crippen molar-refractivity contribution in [2.45, 2.75) is 45.6 Å². The van der Waals surface area contributed by atoms with E-state index in [1.807, 2.05) is 0 Å². The number of hydrogen-bond acceptors (Lipinski definition) is 5. The van der Waals surface area contributed by atoms with Crippen LogP contribution in [0.3, 0.4) is 0 Å². The predicted octanol–water partition coefficient (Wildman–Crippen LogP) is 2.03. The third-order valence-corrected chi connectivity index (χ3v) is 5.85. The molecule has 1 amide bonds. The van der Waals surface area contributed by atoms with Gasteiger partial charge in [0.1, 0.15) is 0 Å². The second-order valence-electron chi connectivity index (χ2n) is 6.21. The first kappa shape index (κ1) is 22.1. The zero-order valence-electron chi connectivity index (χ0n) is 16.0. The molecule has 7 nitrogen and oxygen atoms in total. The van der Waals surface area contributed by atoms with E-state index in [0.29, 0.717) is 18.7 Å². The van der Waals surface area contributed by atoms with Gasteiger partial charge in [-0.15, -0.1) is 0 Å². The highest BCUT2D eigenvalue weighted by atomic mass is 32.2. The van der Waals surface area contributed by atoms with Crippen molar-refractivity contribution in [1.29, 1.82) is 0 Å². The van der Waals surface area contributed by atoms with Crippen molar-refractivity contribution in [1.82, 2.24) is 9.62 Å². The van der Waals surface area contributed by atoms with Crippen LogP contribution in [0.4, 0.5) is 0 Å². The van der Waals surface area contributed by atoms with Crippen molar-refractivity contribution in [3.63, 3.8) is 0 Å². The Labute approximate surface area is 155 Å². The third-order valence-electron chi connectivity index (χ3n) is 3.78. The summed E-state index contributed by atoms with van der Waals surface area (Å²) in [7, 11) is -3.55. The smallest absolute Gasteiger partial charge is 0.310 e. The Bertz CT molecular complexity index is 710. The number of carbonyl (C=O) groups is 2. The fourth-order valence-corrected chi connectivity index (χ4v) is 3.73. The fourth-order valence-electron chi connectivity index (χ4n) is 2.27. The molecule has 1 rings (SSSR count). The number of rotatable bonds is 9. The van der Waals surface area contributed by atoms with E-state index in [9.17, 15) is 18.0 Å². The Hall–Kier alpha value is -1.93. The summed E-state index contributed by atoms with van der Waals surface area (Å²) in [5, 5.41) is 2.66. The largest absolute Gasteiger partial charge is 0.463 e. The molecule has 146 valence electrons. The number of sulfonamides is 1. The molecule has 1 aromatic rings. The van der Waals surface area contributed by atoms with Gasteiger partial charge in [-0.05, 0) is 38.1 Å². The van der Waals surface area contributed by atoms with E-state index in [4.69, 9.17) is 4.74 Å². The van der Waals surface area contributed by atoms with Crippen LogP contribution < -0.4 is 5.32 Å². The van der Waals surface area contributed by atoms with Gasteiger partial charge in [-0.3, -0.25) is 9.59 Å². The number of esters is 1. The monoisotopic (exact) mass is 384 g/mol. The molecular weight excluding hydrogens is 356 g/mol. The molecule has 0 saturated carbocycles. The molecule has 0 spiro atoms. The van der Waals surface area contributed by atoms with Crippen LogP contribution in [0.5, 0.6) is 0 Å². The van der Waals surface area contributed by atoms with E-state index in [0.717, 1.165) is 0 Å². The molecule has 1 N–H and O–H groups in total. The second kappa shape index (κ2) is 9.68. The Morgan fingerprint density at radius 3 is 2.08 bits per heavy atom. The van der Waals surface area contributed by atoms with Crippen LogP contribution in [0.15, 0.2) is 29.2 Å². The van der Waals surface area contributed by atoms with Gasteiger partial charge in [0.25, 0.3) is 5.91 Å². The van der Waals surface area contributed by atoms with Crippen LogP contribution >= 0.6 is 0 Å². The summed E-state index contributed by atoms with van der Waals surface area (Å²) in [4.78, 5) is 24.1. The number of amides is 1. The summed E-state index contributed by atoms with van der Waals surface area (Å²) < 4.78 is 31.3. The molecule has 0 aliphatic heterocycles. The van der Waals surface area contributed by atoms with Crippen molar-refractivity contribution in [3.05, 3.63) is 29.8 Å². The molecule has 0 heterocycles. The van der Waals surface area contributed by atoms with E-state index in [1.54, 1.807) is 34.6 Å². The van der Waals surface area contributed by atoms with Crippen LogP contribution in [-0.2, 0) is 19.6 Å². The highest BCUT2D eigenvalue weighted by Crippen LogP contribution is 2.16. The molecule has 26 heavy (non-hydrogen) atoms. The van der Waals surface area contributed by atoms with Crippen molar-refractivity contribution in [2.75, 3.05) is 19.6 Å². The first-order valence-corrected chi connectivity index (χ1v) is 10.2. The minimum atomic E-state index is -3.55. The SMILES string of the molecule is CCN(CC)S(=O)(=O)c1ccc(C(=O)NC[C@H](C)C(=O)OC(C)C)cc1. The molecule has 0 aromatic heterocycles. The Balaban J connectivity index is 2.74. The molecule has 0 aliphatic carbocycles. The first-order chi connectivity index (χ1) is 12.1. The molecule has 0 saturated heterocycles. The molecule has 0 aliphatic rings. The van der Waals surface area contributed by atoms with Gasteiger partial charge in [-0.25, -0.2) is 8.42 Å². The van der Waals surface area contributed by atoms with Gasteiger partial charge in [0, 0.05) is 25.2 Å². The van der Waals surface area contributed by atoms with Crippen LogP contribution in [-0.4, -0.2) is 50.3 Å². The van der Waals surface area contributed by atoms with Crippen molar-refractivity contribution < 1.29 is 22.7 Å². The predicted molar refractivity (Wildman–Crippen MR) is 99.3 cm³/mol. The van der Waals surface area contributed by atoms with Crippen LogP contribution in [0.1, 0.15) is 45.0 Å². The van der Waals surface area contributed by atoms with E-state index in [-0.39, 0.29) is 29.4 Å². The van der Waals surface area contributed by atoms with Gasteiger partial charge >= 0.3 is 5.97 Å². The molecule has 1 aromatic carbocycles. The minimum Gasteiger partial charge on any atom is -0.463 e. The van der Waals surface area contributed by atoms with Crippen LogP contribution in [0, 0.1) is 5.92 Å². The lowest BCUT2D eigenvalue weighted by atomic mass is 10.1. The van der Waals surface area contributed by atoms with E-state index in [2.05, 4.69) is 5.32 Å². The average molecular weight is 384 g/mol. The summed E-state index contributed by atoms with van der Waals surface area (Å²) in [5.74, 6) is -1.22. The maximum absolute atomic E-state index is 12.4. The lowest BCUT2D eigenvalue weighted by Crippen LogP contribution is -2.33. The maximum Gasteiger partial charge on any atom is 0.310 e. The standard InChI is InChI=1S/C18H28N2O5S/c1-6-20(7-2)26(23,24)16-10-8-15(9-11-16)17(21)19-12-14(5)18(22)25-13(3)4/h8-11,13-14H,6-7,12H2,1-5H3,(H,19,21)/t14-/m0/s1. The first-order valence-electron chi connectivity index (χ1n) is 8.72. The zero-order valence-corrected chi connectivity index (χ0v) is 16.8. The number of nitrogens with zero attached hydrogens (tertiary/aromatic N) is 1. The number of ether oxygens (including phenoxy) is 1. The number of benzene rings is 1. The van der Waals surface area contributed by atoms with Gasteiger partial charge in [0.05, 0.1) is 16.9 Å². The van der Waals surface area contributed by atoms with E-state index >= 15 is 0 Å². The summed E-state index contributed by atoms with van der Waals surface area (Å²) in [6.07, 6.45) is -0.207. The highest BCUT2D eigenvalue weighted by Gasteiger charge is 2.22. The quantitative estimate of drug-likeness (QED) is 0.658. The lowest BCUT2D eigenvalue weighted by molar-refractivity contribution is -0.151. The summed E-state index contributed by atoms with van der Waals surface area (Å²) in [5.41, 5.74) is 0.327. The molecule has 0 radical (unpaired) electrons. The Kier molecular flexibility index (Phi) is 8.23. The number of nitrogens with one attached hydrogen (secondary N) is 1. The number of hydrogen-bond donors (Lipinski definition) is 1. The van der Waals surface area contributed by atoms with Crippen molar-refractivity contribution in [2.24, 2.45) is 5.92 Å². The van der Waals surface area contributed by atoms with E-state index < -0.39 is 15.9 Å². The molecular formula is C18H28N2O5S. The minimum absolute atomic E-state index is 0.143. The fraction of sp³-hybridized carbons (Fsp3) is 0.556. The second-order valence-corrected chi connectivity index (χ2v) is 8.15. The maximum atomic E-state index is 12.4. The van der Waals surface area contributed by atoms with Gasteiger partial charge in [0.15, 0.2) is 0 Å². The van der Waals surface area contributed by atoms with Gasteiger partial charge in [-0.1, -0.05) is 20.8 Å². The summed E-state index contributed by atoms with van der Waals surface area (Å²) >= 11 is 0. The molecule has 1 atom stereocenters. The van der Waals surface area contributed by atoms with Crippen molar-refractivity contribution >= 4 is 21.9 Å². The molecule has 0 unspecified atom stereocenters. The van der Waals surface area contributed by atoms with Crippen LogP contribution in [0.2, 0.25) is 0 Å². The summed E-state index contributed by atoms with van der Waals surface area (Å²) in [6.45, 7) is 9.64. The zero-order chi connectivity index (χ0) is 19.9. The summed E-state index contributed by atoms with van der Waals surface area (Å²) in [6, 6.07) is 5.75. The van der Waals surface area contributed by atoms with Crippen LogP contribution in [0.25, 0.3) is 0 Å². The Morgan fingerprint density at radius 2 is 1.62 bits per heavy atom.